The highest BCUT2D eigenvalue weighted by Crippen LogP contribution is 1.85. The van der Waals surface area contributed by atoms with E-state index in [0.717, 1.165) is 6.42 Å². The molecular weight excluding hydrogens is 274 g/mol. The maximum Gasteiger partial charge on any atom is 0.220 e. The molecule has 0 atom stereocenters. The second kappa shape index (κ2) is 21.6. The van der Waals surface area contributed by atoms with Crippen LogP contribution in [0, 0.1) is 0 Å². The average Bonchev–Trinajstić information content (AvgIpc) is 2.51. The molecule has 0 spiro atoms. The summed E-state index contributed by atoms with van der Waals surface area (Å²) < 4.78 is 20.7. The maximum atomic E-state index is 11.1. The molecule has 0 fully saturated rings. The summed E-state index contributed by atoms with van der Waals surface area (Å²) in [5, 5.41) is 2.78. The number of methoxy groups -OCH3 is 1. The number of carbonyl (C=O) groups is 1. The zero-order chi connectivity index (χ0) is 16.2. The predicted octanol–water partition coefficient (Wildman–Crippen LogP) is 1.63. The topological polar surface area (TPSA) is 66.0 Å². The van der Waals surface area contributed by atoms with Crippen LogP contribution in [0.4, 0.5) is 0 Å². The molecular formula is C15H33NO5. The van der Waals surface area contributed by atoms with Crippen molar-refractivity contribution in [2.24, 2.45) is 0 Å². The van der Waals surface area contributed by atoms with Crippen molar-refractivity contribution < 1.29 is 23.7 Å². The number of amides is 1. The molecule has 0 saturated carbocycles. The number of hydrogen-bond donors (Lipinski definition) is 1. The summed E-state index contributed by atoms with van der Waals surface area (Å²) >= 11 is 0. The van der Waals surface area contributed by atoms with Crippen molar-refractivity contribution in [3.05, 3.63) is 0 Å². The van der Waals surface area contributed by atoms with Gasteiger partial charge in [0.1, 0.15) is 0 Å². The molecule has 0 aromatic rings. The van der Waals surface area contributed by atoms with Crippen LogP contribution in [-0.2, 0) is 23.7 Å². The first-order valence-electron chi connectivity index (χ1n) is 7.80. The van der Waals surface area contributed by atoms with Gasteiger partial charge in [0, 0.05) is 20.1 Å². The number of nitrogens with one attached hydrogen (secondary N) is 1. The average molecular weight is 307 g/mol. The largest absolute Gasteiger partial charge is 0.382 e. The van der Waals surface area contributed by atoms with Gasteiger partial charge in [0.25, 0.3) is 0 Å². The van der Waals surface area contributed by atoms with E-state index in [-0.39, 0.29) is 5.91 Å². The summed E-state index contributed by atoms with van der Waals surface area (Å²) in [4.78, 5) is 11.1. The SMILES string of the molecule is CC.CCCC(=O)NCCOCCOCCOCCOC. The third-order valence-corrected chi connectivity index (χ3v) is 2.22. The van der Waals surface area contributed by atoms with E-state index in [1.165, 1.54) is 0 Å². The second-order valence-corrected chi connectivity index (χ2v) is 3.93. The Morgan fingerprint density at radius 1 is 0.857 bits per heavy atom. The van der Waals surface area contributed by atoms with Crippen LogP contribution in [-0.4, -0.2) is 65.8 Å². The van der Waals surface area contributed by atoms with Gasteiger partial charge in [-0.05, 0) is 6.42 Å². The van der Waals surface area contributed by atoms with Crippen molar-refractivity contribution in [3.63, 3.8) is 0 Å². The van der Waals surface area contributed by atoms with Gasteiger partial charge in [0.05, 0.1) is 46.2 Å². The second-order valence-electron chi connectivity index (χ2n) is 3.93. The highest BCUT2D eigenvalue weighted by atomic mass is 16.6. The van der Waals surface area contributed by atoms with Crippen LogP contribution >= 0.6 is 0 Å². The lowest BCUT2D eigenvalue weighted by Crippen LogP contribution is -2.27. The van der Waals surface area contributed by atoms with Gasteiger partial charge < -0.3 is 24.3 Å². The van der Waals surface area contributed by atoms with Crippen molar-refractivity contribution in [2.75, 3.05) is 59.9 Å². The van der Waals surface area contributed by atoms with E-state index in [1.54, 1.807) is 7.11 Å². The molecule has 6 heteroatoms. The Hall–Kier alpha value is -0.690. The Balaban J connectivity index is 0. The molecule has 0 aliphatic carbocycles. The summed E-state index contributed by atoms with van der Waals surface area (Å²) in [7, 11) is 1.64. The zero-order valence-electron chi connectivity index (χ0n) is 14.1. The number of carbonyl (C=O) groups excluding carboxylic acids is 1. The third-order valence-electron chi connectivity index (χ3n) is 2.22. The van der Waals surface area contributed by atoms with Gasteiger partial charge in [0.2, 0.25) is 5.91 Å². The summed E-state index contributed by atoms with van der Waals surface area (Å²) in [6, 6.07) is 0. The molecule has 6 nitrogen and oxygen atoms in total. The zero-order valence-corrected chi connectivity index (χ0v) is 14.1. The van der Waals surface area contributed by atoms with E-state index in [2.05, 4.69) is 5.32 Å². The quantitative estimate of drug-likeness (QED) is 0.494. The van der Waals surface area contributed by atoms with Crippen LogP contribution in [0.5, 0.6) is 0 Å². The van der Waals surface area contributed by atoms with Crippen molar-refractivity contribution in [1.29, 1.82) is 0 Å². The van der Waals surface area contributed by atoms with Crippen LogP contribution < -0.4 is 5.32 Å². The minimum Gasteiger partial charge on any atom is -0.382 e. The fraction of sp³-hybridized carbons (Fsp3) is 0.933. The van der Waals surface area contributed by atoms with Crippen LogP contribution in [0.25, 0.3) is 0 Å². The lowest BCUT2D eigenvalue weighted by atomic mass is 10.3. The predicted molar refractivity (Wildman–Crippen MR) is 83.6 cm³/mol. The van der Waals surface area contributed by atoms with Crippen LogP contribution in [0.3, 0.4) is 0 Å². The molecule has 0 aliphatic heterocycles. The lowest BCUT2D eigenvalue weighted by Gasteiger charge is -2.07. The van der Waals surface area contributed by atoms with E-state index in [4.69, 9.17) is 18.9 Å². The highest BCUT2D eigenvalue weighted by Gasteiger charge is 1.97. The molecule has 0 unspecified atom stereocenters. The molecule has 0 saturated heterocycles. The Kier molecular flexibility index (Phi) is 23.2. The van der Waals surface area contributed by atoms with Crippen molar-refractivity contribution in [1.82, 2.24) is 5.32 Å². The number of hydrogen-bond acceptors (Lipinski definition) is 5. The van der Waals surface area contributed by atoms with Gasteiger partial charge in [0.15, 0.2) is 0 Å². The smallest absolute Gasteiger partial charge is 0.220 e. The van der Waals surface area contributed by atoms with Gasteiger partial charge in [-0.25, -0.2) is 0 Å². The minimum atomic E-state index is 0.0792. The monoisotopic (exact) mass is 307 g/mol. The molecule has 21 heavy (non-hydrogen) atoms. The van der Waals surface area contributed by atoms with Gasteiger partial charge in [-0.15, -0.1) is 0 Å². The third kappa shape index (κ3) is 21.8. The molecule has 0 aromatic heterocycles. The van der Waals surface area contributed by atoms with Gasteiger partial charge in [-0.2, -0.15) is 0 Å². The molecule has 0 aromatic carbocycles. The molecule has 0 aliphatic rings. The van der Waals surface area contributed by atoms with Crippen LogP contribution in [0.1, 0.15) is 33.6 Å². The first kappa shape index (κ1) is 22.6. The molecule has 0 heterocycles. The Labute approximate surface area is 129 Å². The number of ether oxygens (including phenoxy) is 4. The Morgan fingerprint density at radius 2 is 1.33 bits per heavy atom. The van der Waals surface area contributed by atoms with E-state index >= 15 is 0 Å². The van der Waals surface area contributed by atoms with E-state index in [1.807, 2.05) is 20.8 Å². The van der Waals surface area contributed by atoms with Crippen molar-refractivity contribution in [2.45, 2.75) is 33.6 Å². The van der Waals surface area contributed by atoms with Gasteiger partial charge in [-0.3, -0.25) is 4.79 Å². The summed E-state index contributed by atoms with van der Waals surface area (Å²) in [6.45, 7) is 10.4. The van der Waals surface area contributed by atoms with E-state index in [0.29, 0.717) is 59.2 Å². The molecule has 0 radical (unpaired) electrons. The molecule has 1 N–H and O–H groups in total. The first-order chi connectivity index (χ1) is 10.3. The van der Waals surface area contributed by atoms with Crippen LogP contribution in [0.15, 0.2) is 0 Å². The van der Waals surface area contributed by atoms with Crippen molar-refractivity contribution >= 4 is 5.91 Å². The first-order valence-corrected chi connectivity index (χ1v) is 7.80. The van der Waals surface area contributed by atoms with Crippen LogP contribution in [0.2, 0.25) is 0 Å². The minimum absolute atomic E-state index is 0.0792. The number of rotatable bonds is 14. The fourth-order valence-corrected chi connectivity index (χ4v) is 1.26. The fourth-order valence-electron chi connectivity index (χ4n) is 1.26. The summed E-state index contributed by atoms with van der Waals surface area (Å²) in [6.07, 6.45) is 1.44. The standard InChI is InChI=1S/C13H27NO5.C2H6/c1-3-4-13(15)14-5-6-17-9-10-19-12-11-18-8-7-16-2;1-2/h3-12H2,1-2H3,(H,14,15);1-2H3. The Bertz CT molecular complexity index is 203. The van der Waals surface area contributed by atoms with E-state index in [9.17, 15) is 4.79 Å². The normalized spacial score (nSPS) is 9.90. The highest BCUT2D eigenvalue weighted by molar-refractivity contribution is 5.75. The van der Waals surface area contributed by atoms with Crippen molar-refractivity contribution in [3.8, 4) is 0 Å². The maximum absolute atomic E-state index is 11.1. The molecule has 0 rings (SSSR count). The Morgan fingerprint density at radius 3 is 1.81 bits per heavy atom. The molecule has 0 bridgehead atoms. The van der Waals surface area contributed by atoms with E-state index < -0.39 is 0 Å². The van der Waals surface area contributed by atoms with Gasteiger partial charge in [-0.1, -0.05) is 20.8 Å². The summed E-state index contributed by atoms with van der Waals surface area (Å²) in [5.41, 5.74) is 0. The lowest BCUT2D eigenvalue weighted by molar-refractivity contribution is -0.121. The molecule has 1 amide bonds. The molecule has 128 valence electrons. The summed E-state index contributed by atoms with van der Waals surface area (Å²) in [5.74, 6) is 0.0792. The van der Waals surface area contributed by atoms with Gasteiger partial charge >= 0.3 is 0 Å².